The minimum atomic E-state index is -0.749. The molecule has 7 nitrogen and oxygen atoms in total. The molecule has 124 valence electrons. The molecule has 0 amide bonds. The van der Waals surface area contributed by atoms with Gasteiger partial charge in [-0.1, -0.05) is 6.42 Å². The van der Waals surface area contributed by atoms with Gasteiger partial charge in [0.1, 0.15) is 12.1 Å². The number of anilines is 1. The molecule has 0 aliphatic heterocycles. The summed E-state index contributed by atoms with van der Waals surface area (Å²) in [6.45, 7) is 0.722. The van der Waals surface area contributed by atoms with Gasteiger partial charge in [0, 0.05) is 24.4 Å². The van der Waals surface area contributed by atoms with Crippen LogP contribution in [0, 0.1) is 0 Å². The maximum absolute atomic E-state index is 10.5. The van der Waals surface area contributed by atoms with Gasteiger partial charge in [-0.3, -0.25) is 4.79 Å². The number of rotatable bonds is 9. The number of aromatic nitrogens is 2. The van der Waals surface area contributed by atoms with Gasteiger partial charge in [-0.2, -0.15) is 0 Å². The molecule has 0 aliphatic rings. The zero-order valence-electron chi connectivity index (χ0n) is 13.3. The summed E-state index contributed by atoms with van der Waals surface area (Å²) < 4.78 is 10.6. The van der Waals surface area contributed by atoms with Gasteiger partial charge < -0.3 is 19.9 Å². The molecule has 0 atom stereocenters. The Bertz CT molecular complexity index is 676. The fourth-order valence-electron chi connectivity index (χ4n) is 2.31. The van der Waals surface area contributed by atoms with E-state index in [2.05, 4.69) is 15.3 Å². The van der Waals surface area contributed by atoms with E-state index in [1.165, 1.54) is 6.33 Å². The van der Waals surface area contributed by atoms with Crippen LogP contribution < -0.4 is 14.8 Å². The van der Waals surface area contributed by atoms with Gasteiger partial charge in [0.25, 0.3) is 0 Å². The van der Waals surface area contributed by atoms with Gasteiger partial charge in [-0.25, -0.2) is 9.97 Å². The number of unbranched alkanes of at least 4 members (excludes halogenated alkanes) is 2. The molecule has 23 heavy (non-hydrogen) atoms. The van der Waals surface area contributed by atoms with Gasteiger partial charge in [-0.15, -0.1) is 0 Å². The highest BCUT2D eigenvalue weighted by Gasteiger charge is 2.10. The largest absolute Gasteiger partial charge is 0.493 e. The lowest BCUT2D eigenvalue weighted by Crippen LogP contribution is -2.05. The number of fused-ring (bicyclic) bond motifs is 1. The Morgan fingerprint density at radius 3 is 2.57 bits per heavy atom. The van der Waals surface area contributed by atoms with Crippen molar-refractivity contribution < 1.29 is 19.4 Å². The van der Waals surface area contributed by atoms with E-state index in [4.69, 9.17) is 14.6 Å². The average Bonchev–Trinajstić information content (AvgIpc) is 2.56. The first-order valence-corrected chi connectivity index (χ1v) is 7.48. The van der Waals surface area contributed by atoms with Crippen LogP contribution in [-0.2, 0) is 4.79 Å². The van der Waals surface area contributed by atoms with Gasteiger partial charge >= 0.3 is 5.97 Å². The SMILES string of the molecule is COc1cc2ncnc(NCCCCCC(=O)O)c2cc1OC. The molecule has 2 aromatic rings. The van der Waals surface area contributed by atoms with E-state index in [9.17, 15) is 4.79 Å². The van der Waals surface area contributed by atoms with Gasteiger partial charge in [0.15, 0.2) is 11.5 Å². The number of nitrogens with one attached hydrogen (secondary N) is 1. The van der Waals surface area contributed by atoms with E-state index in [0.29, 0.717) is 17.9 Å². The molecule has 0 saturated carbocycles. The number of carbonyl (C=O) groups is 1. The van der Waals surface area contributed by atoms with E-state index >= 15 is 0 Å². The number of hydrogen-bond acceptors (Lipinski definition) is 6. The summed E-state index contributed by atoms with van der Waals surface area (Å²) in [4.78, 5) is 19.0. The number of aliphatic carboxylic acids is 1. The molecular formula is C16H21N3O4. The van der Waals surface area contributed by atoms with Crippen molar-refractivity contribution in [3.63, 3.8) is 0 Å². The lowest BCUT2D eigenvalue weighted by Gasteiger charge is -2.12. The predicted octanol–water partition coefficient (Wildman–Crippen LogP) is 2.70. The maximum Gasteiger partial charge on any atom is 0.303 e. The number of methoxy groups -OCH3 is 2. The third kappa shape index (κ3) is 4.45. The Labute approximate surface area is 134 Å². The van der Waals surface area contributed by atoms with Crippen LogP contribution in [0.4, 0.5) is 5.82 Å². The van der Waals surface area contributed by atoms with Crippen LogP contribution >= 0.6 is 0 Å². The average molecular weight is 319 g/mol. The van der Waals surface area contributed by atoms with E-state index in [1.807, 2.05) is 12.1 Å². The molecule has 0 fully saturated rings. The van der Waals surface area contributed by atoms with E-state index < -0.39 is 5.97 Å². The minimum Gasteiger partial charge on any atom is -0.493 e. The van der Waals surface area contributed by atoms with Crippen molar-refractivity contribution in [1.29, 1.82) is 0 Å². The first kappa shape index (κ1) is 16.8. The smallest absolute Gasteiger partial charge is 0.303 e. The van der Waals surface area contributed by atoms with Gasteiger partial charge in [0.2, 0.25) is 0 Å². The summed E-state index contributed by atoms with van der Waals surface area (Å²) in [5.41, 5.74) is 0.769. The van der Waals surface area contributed by atoms with Crippen LogP contribution in [0.3, 0.4) is 0 Å². The van der Waals surface area contributed by atoms with E-state index in [1.54, 1.807) is 14.2 Å². The predicted molar refractivity (Wildman–Crippen MR) is 87.2 cm³/mol. The lowest BCUT2D eigenvalue weighted by molar-refractivity contribution is -0.137. The van der Waals surface area contributed by atoms with Crippen LogP contribution in [-0.4, -0.2) is 41.8 Å². The molecule has 2 N–H and O–H groups in total. The third-order valence-electron chi connectivity index (χ3n) is 3.50. The molecule has 1 heterocycles. The van der Waals surface area contributed by atoms with Crippen molar-refractivity contribution in [2.75, 3.05) is 26.1 Å². The maximum atomic E-state index is 10.5. The van der Waals surface area contributed by atoms with Crippen LogP contribution in [0.5, 0.6) is 11.5 Å². The minimum absolute atomic E-state index is 0.216. The molecule has 1 aromatic carbocycles. The highest BCUT2D eigenvalue weighted by atomic mass is 16.5. The van der Waals surface area contributed by atoms with E-state index in [0.717, 1.165) is 36.1 Å². The molecule has 7 heteroatoms. The van der Waals surface area contributed by atoms with Gasteiger partial charge in [0.05, 0.1) is 19.7 Å². The number of ether oxygens (including phenoxy) is 2. The number of carboxylic acids is 1. The van der Waals surface area contributed by atoms with Crippen molar-refractivity contribution in [1.82, 2.24) is 9.97 Å². The first-order valence-electron chi connectivity index (χ1n) is 7.48. The molecule has 0 spiro atoms. The number of benzene rings is 1. The lowest BCUT2D eigenvalue weighted by atomic mass is 10.2. The van der Waals surface area contributed by atoms with Crippen molar-refractivity contribution in [3.05, 3.63) is 18.5 Å². The van der Waals surface area contributed by atoms with Crippen LogP contribution in [0.25, 0.3) is 10.9 Å². The van der Waals surface area contributed by atoms with Gasteiger partial charge in [-0.05, 0) is 18.9 Å². The summed E-state index contributed by atoms with van der Waals surface area (Å²) in [5, 5.41) is 12.7. The van der Waals surface area contributed by atoms with Crippen molar-refractivity contribution in [2.45, 2.75) is 25.7 Å². The second-order valence-electron chi connectivity index (χ2n) is 5.08. The summed E-state index contributed by atoms with van der Waals surface area (Å²) >= 11 is 0. The number of carboxylic acid groups (broad SMARTS) is 1. The normalized spacial score (nSPS) is 10.5. The summed E-state index contributed by atoms with van der Waals surface area (Å²) in [6.07, 6.45) is 4.15. The third-order valence-corrected chi connectivity index (χ3v) is 3.50. The first-order chi connectivity index (χ1) is 11.2. The zero-order valence-corrected chi connectivity index (χ0v) is 13.3. The fourth-order valence-corrected chi connectivity index (χ4v) is 2.31. The van der Waals surface area contributed by atoms with Crippen LogP contribution in [0.1, 0.15) is 25.7 Å². The number of hydrogen-bond donors (Lipinski definition) is 2. The molecule has 0 aliphatic carbocycles. The van der Waals surface area contributed by atoms with Crippen molar-refractivity contribution in [2.24, 2.45) is 0 Å². The quantitative estimate of drug-likeness (QED) is 0.686. The number of nitrogens with zero attached hydrogens (tertiary/aromatic N) is 2. The highest BCUT2D eigenvalue weighted by molar-refractivity contribution is 5.91. The second-order valence-corrected chi connectivity index (χ2v) is 5.08. The molecule has 0 bridgehead atoms. The van der Waals surface area contributed by atoms with Crippen molar-refractivity contribution in [3.8, 4) is 11.5 Å². The zero-order chi connectivity index (χ0) is 16.7. The Hall–Kier alpha value is -2.57. The Balaban J connectivity index is 2.04. The topological polar surface area (TPSA) is 93.6 Å². The standard InChI is InChI=1S/C16H21N3O4/c1-22-13-8-11-12(9-14(13)23-2)18-10-19-16(11)17-7-5-3-4-6-15(20)21/h8-10H,3-7H2,1-2H3,(H,20,21)(H,17,18,19). The van der Waals surface area contributed by atoms with E-state index in [-0.39, 0.29) is 6.42 Å². The summed E-state index contributed by atoms with van der Waals surface area (Å²) in [6, 6.07) is 3.66. The fraction of sp³-hybridized carbons (Fsp3) is 0.438. The molecule has 0 saturated heterocycles. The summed E-state index contributed by atoms with van der Waals surface area (Å²) in [7, 11) is 3.17. The Kier molecular flexibility index (Phi) is 5.96. The Morgan fingerprint density at radius 1 is 1.13 bits per heavy atom. The molecule has 2 rings (SSSR count). The summed E-state index contributed by atoms with van der Waals surface area (Å²) in [5.74, 6) is 1.23. The van der Waals surface area contributed by atoms with Crippen LogP contribution in [0.2, 0.25) is 0 Å². The van der Waals surface area contributed by atoms with Crippen molar-refractivity contribution >= 4 is 22.7 Å². The molecule has 0 radical (unpaired) electrons. The molecule has 0 unspecified atom stereocenters. The highest BCUT2D eigenvalue weighted by Crippen LogP contribution is 2.33. The molecule has 1 aromatic heterocycles. The Morgan fingerprint density at radius 2 is 1.87 bits per heavy atom. The second kappa shape index (κ2) is 8.17. The monoisotopic (exact) mass is 319 g/mol. The molecular weight excluding hydrogens is 298 g/mol. The van der Waals surface area contributed by atoms with Crippen LogP contribution in [0.15, 0.2) is 18.5 Å².